The zero-order chi connectivity index (χ0) is 22.2. The molecule has 0 heterocycles. The fourth-order valence-corrected chi connectivity index (χ4v) is 5.31. The number of sulfonamides is 2. The second kappa shape index (κ2) is 11.2. The fraction of sp³-hybridized carbons (Fsp3) is 0.650. The number of anilines is 1. The average Bonchev–Trinajstić information content (AvgIpc) is 2.68. The molecular weight excluding hydrogens is 426 g/mol. The summed E-state index contributed by atoms with van der Waals surface area (Å²) in [5, 5.41) is 2.25. The van der Waals surface area contributed by atoms with E-state index >= 15 is 0 Å². The van der Waals surface area contributed by atoms with E-state index in [2.05, 4.69) is 14.8 Å². The summed E-state index contributed by atoms with van der Waals surface area (Å²) in [4.78, 5) is 12.2. The Bertz CT molecular complexity index is 891. The van der Waals surface area contributed by atoms with Crippen LogP contribution in [-0.2, 0) is 24.8 Å². The lowest BCUT2D eigenvalue weighted by Gasteiger charge is -2.22. The molecule has 0 spiro atoms. The Morgan fingerprint density at radius 2 is 1.63 bits per heavy atom. The number of hydrogen-bond donors (Lipinski definition) is 3. The van der Waals surface area contributed by atoms with Gasteiger partial charge in [-0.3, -0.25) is 4.79 Å². The molecule has 0 saturated heterocycles. The van der Waals surface area contributed by atoms with Crippen LogP contribution in [0.5, 0.6) is 0 Å². The molecule has 0 bridgehead atoms. The predicted molar refractivity (Wildman–Crippen MR) is 118 cm³/mol. The molecule has 1 aliphatic carbocycles. The van der Waals surface area contributed by atoms with E-state index < -0.39 is 25.3 Å². The Kier molecular flexibility index (Phi) is 9.27. The largest absolute Gasteiger partial charge is 0.326 e. The van der Waals surface area contributed by atoms with Gasteiger partial charge in [-0.15, -0.1) is 0 Å². The Morgan fingerprint density at radius 1 is 1.00 bits per heavy atom. The van der Waals surface area contributed by atoms with E-state index in [0.717, 1.165) is 32.1 Å². The van der Waals surface area contributed by atoms with Crippen LogP contribution >= 0.6 is 0 Å². The second-order valence-electron chi connectivity index (χ2n) is 7.97. The van der Waals surface area contributed by atoms with Crippen molar-refractivity contribution in [2.75, 3.05) is 11.9 Å². The van der Waals surface area contributed by atoms with Gasteiger partial charge in [0, 0.05) is 24.7 Å². The Morgan fingerprint density at radius 3 is 2.23 bits per heavy atom. The third-order valence-corrected chi connectivity index (χ3v) is 8.51. The summed E-state index contributed by atoms with van der Waals surface area (Å²) in [6.07, 6.45) is 6.34. The van der Waals surface area contributed by atoms with Gasteiger partial charge in [0.2, 0.25) is 26.0 Å². The molecule has 1 aliphatic rings. The van der Waals surface area contributed by atoms with Gasteiger partial charge < -0.3 is 5.32 Å². The van der Waals surface area contributed by atoms with Crippen LogP contribution in [0.25, 0.3) is 0 Å². The highest BCUT2D eigenvalue weighted by Crippen LogP contribution is 2.21. The average molecular weight is 460 g/mol. The zero-order valence-corrected chi connectivity index (χ0v) is 19.3. The van der Waals surface area contributed by atoms with Gasteiger partial charge in [-0.05, 0) is 63.8 Å². The summed E-state index contributed by atoms with van der Waals surface area (Å²) in [5.74, 6) is -0.197. The van der Waals surface area contributed by atoms with Crippen LogP contribution in [0.2, 0.25) is 0 Å². The van der Waals surface area contributed by atoms with Gasteiger partial charge in [0.1, 0.15) is 0 Å². The lowest BCUT2D eigenvalue weighted by Crippen LogP contribution is -2.36. The molecule has 2 rings (SSSR count). The van der Waals surface area contributed by atoms with E-state index in [-0.39, 0.29) is 23.3 Å². The third-order valence-electron chi connectivity index (χ3n) is 5.13. The maximum atomic E-state index is 12.5. The maximum Gasteiger partial charge on any atom is 0.240 e. The molecule has 3 N–H and O–H groups in total. The molecule has 1 aromatic rings. The van der Waals surface area contributed by atoms with E-state index in [0.29, 0.717) is 25.1 Å². The highest BCUT2D eigenvalue weighted by molar-refractivity contribution is 7.90. The minimum absolute atomic E-state index is 0.00635. The molecule has 30 heavy (non-hydrogen) atoms. The van der Waals surface area contributed by atoms with Crippen molar-refractivity contribution in [3.05, 3.63) is 24.3 Å². The molecule has 1 aromatic carbocycles. The molecule has 0 aromatic heterocycles. The van der Waals surface area contributed by atoms with Crippen LogP contribution in [0.4, 0.5) is 5.69 Å². The number of benzene rings is 1. The summed E-state index contributed by atoms with van der Waals surface area (Å²) >= 11 is 0. The number of hydrogen-bond acceptors (Lipinski definition) is 5. The molecule has 1 saturated carbocycles. The van der Waals surface area contributed by atoms with Gasteiger partial charge in [0.15, 0.2) is 0 Å². The lowest BCUT2D eigenvalue weighted by molar-refractivity contribution is -0.116. The van der Waals surface area contributed by atoms with E-state index in [1.807, 2.05) is 0 Å². The van der Waals surface area contributed by atoms with Crippen molar-refractivity contribution in [2.24, 2.45) is 0 Å². The number of amides is 1. The quantitative estimate of drug-likeness (QED) is 0.439. The Labute approximate surface area is 180 Å². The van der Waals surface area contributed by atoms with Gasteiger partial charge in [-0.1, -0.05) is 19.3 Å². The van der Waals surface area contributed by atoms with Crippen LogP contribution in [0, 0.1) is 0 Å². The van der Waals surface area contributed by atoms with E-state index in [9.17, 15) is 21.6 Å². The number of nitrogens with one attached hydrogen (secondary N) is 3. The molecule has 1 fully saturated rings. The Hall–Kier alpha value is -1.49. The van der Waals surface area contributed by atoms with E-state index in [4.69, 9.17) is 0 Å². The summed E-state index contributed by atoms with van der Waals surface area (Å²) < 4.78 is 53.6. The summed E-state index contributed by atoms with van der Waals surface area (Å²) in [6.45, 7) is 3.52. The summed E-state index contributed by atoms with van der Waals surface area (Å²) in [6, 6.07) is 6.12. The predicted octanol–water partition coefficient (Wildman–Crippen LogP) is 2.73. The molecule has 1 amide bonds. The number of rotatable bonds is 11. The van der Waals surface area contributed by atoms with Gasteiger partial charge in [-0.2, -0.15) is 0 Å². The molecule has 0 radical (unpaired) electrons. The zero-order valence-electron chi connectivity index (χ0n) is 17.7. The first-order chi connectivity index (χ1) is 14.1. The molecule has 0 unspecified atom stereocenters. The molecule has 10 heteroatoms. The van der Waals surface area contributed by atoms with Crippen molar-refractivity contribution >= 4 is 31.6 Å². The minimum atomic E-state index is -3.56. The van der Waals surface area contributed by atoms with Gasteiger partial charge in [-0.25, -0.2) is 26.3 Å². The Balaban J connectivity index is 1.76. The summed E-state index contributed by atoms with van der Waals surface area (Å²) in [5.41, 5.74) is 0.525. The molecular formula is C20H33N3O5S2. The first-order valence-corrected chi connectivity index (χ1v) is 13.5. The minimum Gasteiger partial charge on any atom is -0.326 e. The topological polar surface area (TPSA) is 121 Å². The van der Waals surface area contributed by atoms with Crippen molar-refractivity contribution < 1.29 is 21.6 Å². The normalized spacial score (nSPS) is 16.0. The van der Waals surface area contributed by atoms with E-state index in [1.165, 1.54) is 12.1 Å². The SMILES string of the molecule is CC(C)S(=O)(=O)NCCCCC(=O)Nc1ccc(S(=O)(=O)NC2CCCCC2)cc1. The van der Waals surface area contributed by atoms with Crippen molar-refractivity contribution in [3.63, 3.8) is 0 Å². The fourth-order valence-electron chi connectivity index (χ4n) is 3.24. The highest BCUT2D eigenvalue weighted by atomic mass is 32.2. The van der Waals surface area contributed by atoms with Gasteiger partial charge in [0.25, 0.3) is 0 Å². The van der Waals surface area contributed by atoms with Crippen molar-refractivity contribution in [1.29, 1.82) is 0 Å². The van der Waals surface area contributed by atoms with Crippen LogP contribution in [0.1, 0.15) is 65.2 Å². The van der Waals surface area contributed by atoms with Crippen LogP contribution in [-0.4, -0.2) is 40.6 Å². The summed E-state index contributed by atoms with van der Waals surface area (Å²) in [7, 11) is -6.84. The van der Waals surface area contributed by atoms with Crippen LogP contribution in [0.15, 0.2) is 29.2 Å². The molecule has 170 valence electrons. The smallest absolute Gasteiger partial charge is 0.240 e. The van der Waals surface area contributed by atoms with Gasteiger partial charge >= 0.3 is 0 Å². The monoisotopic (exact) mass is 459 g/mol. The lowest BCUT2D eigenvalue weighted by atomic mass is 9.96. The molecule has 8 nitrogen and oxygen atoms in total. The highest BCUT2D eigenvalue weighted by Gasteiger charge is 2.21. The number of unbranched alkanes of at least 4 members (excludes halogenated alkanes) is 1. The second-order valence-corrected chi connectivity index (χ2v) is 12.0. The molecule has 0 aliphatic heterocycles. The van der Waals surface area contributed by atoms with Crippen molar-refractivity contribution in [2.45, 2.75) is 81.4 Å². The van der Waals surface area contributed by atoms with Crippen molar-refractivity contribution in [1.82, 2.24) is 9.44 Å². The van der Waals surface area contributed by atoms with E-state index in [1.54, 1.807) is 26.0 Å². The number of carbonyl (C=O) groups excluding carboxylic acids is 1. The number of carbonyl (C=O) groups is 1. The molecule has 0 atom stereocenters. The third kappa shape index (κ3) is 7.98. The first-order valence-electron chi connectivity index (χ1n) is 10.5. The van der Waals surface area contributed by atoms with Gasteiger partial charge in [0.05, 0.1) is 10.1 Å². The van der Waals surface area contributed by atoms with Crippen LogP contribution in [0.3, 0.4) is 0 Å². The first kappa shape index (κ1) is 24.8. The standard InChI is InChI=1S/C20H33N3O5S2/c1-16(2)29(25,26)21-15-7-6-10-20(24)22-17-11-13-19(14-12-17)30(27,28)23-18-8-4-3-5-9-18/h11-14,16,18,21,23H,3-10,15H2,1-2H3,(H,22,24). The maximum absolute atomic E-state index is 12.5. The van der Waals surface area contributed by atoms with Crippen LogP contribution < -0.4 is 14.8 Å². The van der Waals surface area contributed by atoms with Crippen molar-refractivity contribution in [3.8, 4) is 0 Å².